The van der Waals surface area contributed by atoms with Crippen molar-refractivity contribution in [1.29, 1.82) is 0 Å². The topological polar surface area (TPSA) is 34.1 Å². The van der Waals surface area contributed by atoms with Crippen LogP contribution < -0.4 is 10.2 Å². The largest absolute Gasteiger partial charge is 0.360 e. The van der Waals surface area contributed by atoms with Gasteiger partial charge in [-0.3, -0.25) is 4.99 Å². The van der Waals surface area contributed by atoms with Crippen molar-refractivity contribution in [2.45, 2.75) is 32.7 Å². The number of anilines is 1. The van der Waals surface area contributed by atoms with Gasteiger partial charge in [-0.2, -0.15) is 0 Å². The number of hydrogen-bond donors (Lipinski definition) is 1. The highest BCUT2D eigenvalue weighted by atomic mass is 32.1. The van der Waals surface area contributed by atoms with Gasteiger partial charge < -0.3 is 20.0 Å². The van der Waals surface area contributed by atoms with E-state index in [1.807, 2.05) is 18.4 Å². The van der Waals surface area contributed by atoms with Crippen LogP contribution in [0.4, 0.5) is 5.00 Å². The first-order valence-corrected chi connectivity index (χ1v) is 10.5. The van der Waals surface area contributed by atoms with Crippen LogP contribution in [0.5, 0.6) is 0 Å². The average molecular weight is 364 g/mol. The monoisotopic (exact) mass is 363 g/mol. The lowest BCUT2D eigenvalue weighted by molar-refractivity contribution is 0.140. The molecule has 1 N–H and O–H groups in total. The van der Waals surface area contributed by atoms with Crippen molar-refractivity contribution in [2.75, 3.05) is 57.8 Å². The average Bonchev–Trinajstić information content (AvgIpc) is 3.18. The first kappa shape index (κ1) is 18.5. The van der Waals surface area contributed by atoms with Crippen LogP contribution in [-0.2, 0) is 0 Å². The van der Waals surface area contributed by atoms with Gasteiger partial charge >= 0.3 is 0 Å². The zero-order valence-corrected chi connectivity index (χ0v) is 16.8. The molecule has 3 heterocycles. The Morgan fingerprint density at radius 3 is 2.72 bits per heavy atom. The van der Waals surface area contributed by atoms with Crippen molar-refractivity contribution >= 4 is 22.3 Å². The van der Waals surface area contributed by atoms with Gasteiger partial charge in [0.15, 0.2) is 5.96 Å². The Bertz CT molecular complexity index is 534. The summed E-state index contributed by atoms with van der Waals surface area (Å²) in [5.74, 6) is 1.81. The van der Waals surface area contributed by atoms with Crippen molar-refractivity contribution in [2.24, 2.45) is 10.9 Å². The standard InChI is InChI=1S/C19H33N5S/c1-16(2)24-8-4-6-17(15-24)14-21-19(20-3)23-11-9-22(10-12-23)18-7-5-13-25-18/h5,7,13,16-17H,4,6,8-12,14-15H2,1-3H3,(H,20,21). The molecule has 3 rings (SSSR count). The van der Waals surface area contributed by atoms with Gasteiger partial charge in [-0.05, 0) is 56.7 Å². The number of aliphatic imine (C=N–C) groups is 1. The third-order valence-electron chi connectivity index (χ3n) is 5.44. The van der Waals surface area contributed by atoms with E-state index >= 15 is 0 Å². The first-order chi connectivity index (χ1) is 12.2. The van der Waals surface area contributed by atoms with Crippen molar-refractivity contribution in [3.8, 4) is 0 Å². The molecule has 25 heavy (non-hydrogen) atoms. The summed E-state index contributed by atoms with van der Waals surface area (Å²) in [7, 11) is 1.91. The fraction of sp³-hybridized carbons (Fsp3) is 0.737. The second kappa shape index (κ2) is 8.90. The van der Waals surface area contributed by atoms with E-state index in [1.165, 1.54) is 30.9 Å². The first-order valence-electron chi connectivity index (χ1n) is 9.65. The zero-order chi connectivity index (χ0) is 17.6. The molecule has 0 bridgehead atoms. The maximum absolute atomic E-state index is 4.54. The minimum Gasteiger partial charge on any atom is -0.360 e. The van der Waals surface area contributed by atoms with Crippen LogP contribution in [0, 0.1) is 5.92 Å². The second-order valence-corrected chi connectivity index (χ2v) is 8.38. The maximum atomic E-state index is 4.54. The smallest absolute Gasteiger partial charge is 0.193 e. The van der Waals surface area contributed by atoms with Crippen molar-refractivity contribution in [3.63, 3.8) is 0 Å². The molecule has 0 spiro atoms. The van der Waals surface area contributed by atoms with E-state index in [9.17, 15) is 0 Å². The number of rotatable bonds is 4. The Morgan fingerprint density at radius 2 is 2.08 bits per heavy atom. The number of hydrogen-bond acceptors (Lipinski definition) is 4. The third-order valence-corrected chi connectivity index (χ3v) is 6.37. The van der Waals surface area contributed by atoms with Gasteiger partial charge in [0.05, 0.1) is 5.00 Å². The van der Waals surface area contributed by atoms with Gasteiger partial charge in [0.25, 0.3) is 0 Å². The summed E-state index contributed by atoms with van der Waals surface area (Å²) in [5.41, 5.74) is 0. The molecule has 0 radical (unpaired) electrons. The molecular formula is C19H33N5S. The highest BCUT2D eigenvalue weighted by molar-refractivity contribution is 7.14. The number of nitrogens with zero attached hydrogens (tertiary/aromatic N) is 4. The van der Waals surface area contributed by atoms with E-state index in [0.29, 0.717) is 6.04 Å². The third kappa shape index (κ3) is 4.88. The highest BCUT2D eigenvalue weighted by Crippen LogP contribution is 2.22. The molecule has 2 aliphatic heterocycles. The van der Waals surface area contributed by atoms with Gasteiger partial charge in [0, 0.05) is 52.4 Å². The molecule has 6 heteroatoms. The van der Waals surface area contributed by atoms with E-state index < -0.39 is 0 Å². The quantitative estimate of drug-likeness (QED) is 0.659. The number of nitrogens with one attached hydrogen (secondary N) is 1. The Hall–Kier alpha value is -1.27. The molecule has 1 aromatic rings. The summed E-state index contributed by atoms with van der Waals surface area (Å²) >= 11 is 1.83. The molecule has 0 aliphatic carbocycles. The Balaban J connectivity index is 1.45. The fourth-order valence-corrected chi connectivity index (χ4v) is 4.67. The summed E-state index contributed by atoms with van der Waals surface area (Å²) in [4.78, 5) is 12.0. The predicted molar refractivity (Wildman–Crippen MR) is 109 cm³/mol. The summed E-state index contributed by atoms with van der Waals surface area (Å²) in [6.07, 6.45) is 2.65. The summed E-state index contributed by atoms with van der Waals surface area (Å²) in [5, 5.41) is 7.20. The van der Waals surface area contributed by atoms with Gasteiger partial charge in [0.2, 0.25) is 0 Å². The Kier molecular flexibility index (Phi) is 6.59. The van der Waals surface area contributed by atoms with Gasteiger partial charge in [0.1, 0.15) is 0 Å². The van der Waals surface area contributed by atoms with Crippen LogP contribution in [0.3, 0.4) is 0 Å². The van der Waals surface area contributed by atoms with Crippen LogP contribution in [0.1, 0.15) is 26.7 Å². The van der Waals surface area contributed by atoms with E-state index in [-0.39, 0.29) is 0 Å². The maximum Gasteiger partial charge on any atom is 0.193 e. The molecule has 5 nitrogen and oxygen atoms in total. The highest BCUT2D eigenvalue weighted by Gasteiger charge is 2.24. The fourth-order valence-electron chi connectivity index (χ4n) is 3.89. The van der Waals surface area contributed by atoms with Crippen LogP contribution in [0.15, 0.2) is 22.5 Å². The molecule has 2 saturated heterocycles. The lowest BCUT2D eigenvalue weighted by atomic mass is 9.97. The number of thiophene rings is 1. The number of likely N-dealkylation sites (tertiary alicyclic amines) is 1. The van der Waals surface area contributed by atoms with E-state index in [4.69, 9.17) is 0 Å². The molecular weight excluding hydrogens is 330 g/mol. The molecule has 2 aliphatic rings. The molecule has 0 amide bonds. The van der Waals surface area contributed by atoms with Crippen LogP contribution in [0.2, 0.25) is 0 Å². The number of guanidine groups is 1. The molecule has 1 aromatic heterocycles. The molecule has 2 fully saturated rings. The zero-order valence-electron chi connectivity index (χ0n) is 15.9. The molecule has 140 valence electrons. The molecule has 0 aromatic carbocycles. The minimum atomic E-state index is 0.660. The lowest BCUT2D eigenvalue weighted by Gasteiger charge is -2.38. The molecule has 0 saturated carbocycles. The molecule has 1 unspecified atom stereocenters. The van der Waals surface area contributed by atoms with Crippen LogP contribution in [-0.4, -0.2) is 74.7 Å². The summed E-state index contributed by atoms with van der Waals surface area (Å²) < 4.78 is 0. The Morgan fingerprint density at radius 1 is 1.28 bits per heavy atom. The van der Waals surface area contributed by atoms with E-state index in [2.05, 4.69) is 56.4 Å². The van der Waals surface area contributed by atoms with Crippen molar-refractivity contribution < 1.29 is 0 Å². The van der Waals surface area contributed by atoms with Gasteiger partial charge in [-0.15, -0.1) is 11.3 Å². The van der Waals surface area contributed by atoms with Gasteiger partial charge in [-0.25, -0.2) is 0 Å². The normalized spacial score (nSPS) is 23.4. The van der Waals surface area contributed by atoms with Gasteiger partial charge in [-0.1, -0.05) is 0 Å². The minimum absolute atomic E-state index is 0.660. The van der Waals surface area contributed by atoms with Crippen LogP contribution >= 0.6 is 11.3 Å². The second-order valence-electron chi connectivity index (χ2n) is 7.45. The van der Waals surface area contributed by atoms with Crippen molar-refractivity contribution in [3.05, 3.63) is 17.5 Å². The summed E-state index contributed by atoms with van der Waals surface area (Å²) in [6.45, 7) is 12.4. The lowest BCUT2D eigenvalue weighted by Crippen LogP contribution is -2.53. The SMILES string of the molecule is CN=C(NCC1CCCN(C(C)C)C1)N1CCN(c2cccs2)CC1. The van der Waals surface area contributed by atoms with E-state index in [1.54, 1.807) is 0 Å². The molecule has 1 atom stereocenters. The Labute approximate surface area is 156 Å². The van der Waals surface area contributed by atoms with Crippen molar-refractivity contribution in [1.82, 2.24) is 15.1 Å². The number of piperidine rings is 1. The summed E-state index contributed by atoms with van der Waals surface area (Å²) in [6, 6.07) is 5.02. The van der Waals surface area contributed by atoms with Crippen LogP contribution in [0.25, 0.3) is 0 Å². The predicted octanol–water partition coefficient (Wildman–Crippen LogP) is 2.57. The number of piperazine rings is 1. The van der Waals surface area contributed by atoms with E-state index in [0.717, 1.165) is 44.6 Å².